The summed E-state index contributed by atoms with van der Waals surface area (Å²) in [6, 6.07) is 7.22. The number of nitrogens with zero attached hydrogens (tertiary/aromatic N) is 1. The van der Waals surface area contributed by atoms with Gasteiger partial charge in [-0.1, -0.05) is 12.1 Å². The largest absolute Gasteiger partial charge is 0.444 e. The van der Waals surface area contributed by atoms with Gasteiger partial charge >= 0.3 is 12.1 Å². The summed E-state index contributed by atoms with van der Waals surface area (Å²) in [6.45, 7) is 9.42. The van der Waals surface area contributed by atoms with E-state index in [2.05, 4.69) is 10.6 Å². The van der Waals surface area contributed by atoms with Crippen LogP contribution in [0.15, 0.2) is 24.3 Å². The van der Waals surface area contributed by atoms with Gasteiger partial charge in [-0.15, -0.1) is 0 Å². The molecular formula is C18H27N3O4. The van der Waals surface area contributed by atoms with Gasteiger partial charge in [-0.3, -0.25) is 0 Å². The molecule has 25 heavy (non-hydrogen) atoms. The van der Waals surface area contributed by atoms with E-state index in [1.807, 2.05) is 52.0 Å². The lowest BCUT2D eigenvalue weighted by Gasteiger charge is -2.31. The van der Waals surface area contributed by atoms with Gasteiger partial charge in [0.05, 0.1) is 12.7 Å². The monoisotopic (exact) mass is 349 g/mol. The van der Waals surface area contributed by atoms with Crippen molar-refractivity contribution in [1.29, 1.82) is 0 Å². The van der Waals surface area contributed by atoms with Gasteiger partial charge in [0, 0.05) is 25.3 Å². The molecule has 7 heteroatoms. The molecule has 1 atom stereocenters. The Morgan fingerprint density at radius 1 is 1.36 bits per heavy atom. The predicted molar refractivity (Wildman–Crippen MR) is 95.5 cm³/mol. The van der Waals surface area contributed by atoms with E-state index < -0.39 is 11.7 Å². The number of benzene rings is 1. The summed E-state index contributed by atoms with van der Waals surface area (Å²) >= 11 is 0. The normalized spacial score (nSPS) is 17.8. The number of nitrogens with one attached hydrogen (secondary N) is 2. The van der Waals surface area contributed by atoms with Gasteiger partial charge in [-0.05, 0) is 45.4 Å². The van der Waals surface area contributed by atoms with Crippen LogP contribution >= 0.6 is 0 Å². The van der Waals surface area contributed by atoms with Crippen LogP contribution in [-0.2, 0) is 16.0 Å². The van der Waals surface area contributed by atoms with E-state index >= 15 is 0 Å². The highest BCUT2D eigenvalue weighted by Gasteiger charge is 2.21. The third-order valence-electron chi connectivity index (χ3n) is 3.54. The third-order valence-corrected chi connectivity index (χ3v) is 3.54. The number of hydrogen-bond donors (Lipinski definition) is 2. The fraction of sp³-hybridized carbons (Fsp3) is 0.556. The molecule has 1 saturated heterocycles. The first-order valence-corrected chi connectivity index (χ1v) is 8.46. The highest BCUT2D eigenvalue weighted by Crippen LogP contribution is 2.13. The van der Waals surface area contributed by atoms with Gasteiger partial charge in [0.1, 0.15) is 5.60 Å². The van der Waals surface area contributed by atoms with Crippen molar-refractivity contribution in [3.63, 3.8) is 0 Å². The van der Waals surface area contributed by atoms with Crippen molar-refractivity contribution in [2.75, 3.05) is 25.0 Å². The molecule has 7 nitrogen and oxygen atoms in total. The summed E-state index contributed by atoms with van der Waals surface area (Å²) in [6.07, 6.45) is -0.423. The van der Waals surface area contributed by atoms with Crippen molar-refractivity contribution in [2.45, 2.75) is 45.9 Å². The second-order valence-electron chi connectivity index (χ2n) is 7.11. The Morgan fingerprint density at radius 3 is 2.80 bits per heavy atom. The van der Waals surface area contributed by atoms with Crippen LogP contribution in [-0.4, -0.2) is 48.4 Å². The maximum absolute atomic E-state index is 12.3. The quantitative estimate of drug-likeness (QED) is 0.879. The topological polar surface area (TPSA) is 79.9 Å². The Labute approximate surface area is 148 Å². The van der Waals surface area contributed by atoms with Gasteiger partial charge in [-0.2, -0.15) is 0 Å². The zero-order valence-corrected chi connectivity index (χ0v) is 15.3. The fourth-order valence-corrected chi connectivity index (χ4v) is 2.45. The lowest BCUT2D eigenvalue weighted by atomic mass is 10.2. The molecule has 0 aliphatic carbocycles. The van der Waals surface area contributed by atoms with Gasteiger partial charge in [0.2, 0.25) is 0 Å². The molecule has 1 aromatic rings. The van der Waals surface area contributed by atoms with E-state index in [-0.39, 0.29) is 12.1 Å². The first-order chi connectivity index (χ1) is 11.7. The smallest absolute Gasteiger partial charge is 0.407 e. The predicted octanol–water partition coefficient (Wildman–Crippen LogP) is 2.96. The molecule has 0 bridgehead atoms. The van der Waals surface area contributed by atoms with Gasteiger partial charge < -0.3 is 25.0 Å². The lowest BCUT2D eigenvalue weighted by Crippen LogP contribution is -2.46. The van der Waals surface area contributed by atoms with Gasteiger partial charge in [0.15, 0.2) is 0 Å². The molecule has 1 unspecified atom stereocenters. The van der Waals surface area contributed by atoms with E-state index in [4.69, 9.17) is 9.47 Å². The van der Waals surface area contributed by atoms with Crippen LogP contribution in [0.1, 0.15) is 33.3 Å². The Morgan fingerprint density at radius 2 is 2.12 bits per heavy atom. The number of hydrogen-bond acceptors (Lipinski definition) is 4. The van der Waals surface area contributed by atoms with Gasteiger partial charge in [0.25, 0.3) is 0 Å². The third kappa shape index (κ3) is 6.62. The molecule has 0 spiro atoms. The number of carbonyl (C=O) groups is 2. The van der Waals surface area contributed by atoms with Crippen molar-refractivity contribution in [2.24, 2.45) is 0 Å². The van der Waals surface area contributed by atoms with Crippen LogP contribution in [0.25, 0.3) is 0 Å². The molecule has 2 N–H and O–H groups in total. The number of carbonyl (C=O) groups excluding carboxylic acids is 2. The molecule has 1 heterocycles. The van der Waals surface area contributed by atoms with Crippen molar-refractivity contribution in [1.82, 2.24) is 10.2 Å². The van der Waals surface area contributed by atoms with Crippen LogP contribution in [0.3, 0.4) is 0 Å². The average Bonchev–Trinajstić information content (AvgIpc) is 2.52. The Bertz CT molecular complexity index is 613. The van der Waals surface area contributed by atoms with Crippen molar-refractivity contribution in [3.8, 4) is 0 Å². The summed E-state index contributed by atoms with van der Waals surface area (Å²) in [5.74, 6) is 0. The SMILES string of the molecule is CC1CN(C(=O)Nc2cccc(CNC(=O)OC(C)(C)C)c2)CCO1. The van der Waals surface area contributed by atoms with E-state index in [1.165, 1.54) is 0 Å². The zero-order chi connectivity index (χ0) is 18.4. The second kappa shape index (κ2) is 8.20. The van der Waals surface area contributed by atoms with Crippen LogP contribution in [0.5, 0.6) is 0 Å². The molecule has 3 amide bonds. The summed E-state index contributed by atoms with van der Waals surface area (Å²) in [4.78, 5) is 25.8. The Hall–Kier alpha value is -2.28. The standard InChI is InChI=1S/C18H27N3O4/c1-13-12-21(8-9-24-13)16(22)20-15-7-5-6-14(10-15)11-19-17(23)25-18(2,3)4/h5-7,10,13H,8-9,11-12H2,1-4H3,(H,19,23)(H,20,22). The van der Waals surface area contributed by atoms with E-state index in [0.717, 1.165) is 5.56 Å². The molecule has 0 saturated carbocycles. The van der Waals surface area contributed by atoms with E-state index in [0.29, 0.717) is 31.9 Å². The number of rotatable bonds is 3. The summed E-state index contributed by atoms with van der Waals surface area (Å²) in [5, 5.41) is 5.59. The summed E-state index contributed by atoms with van der Waals surface area (Å²) < 4.78 is 10.6. The van der Waals surface area contributed by atoms with Crippen LogP contribution < -0.4 is 10.6 Å². The number of morpholine rings is 1. The minimum Gasteiger partial charge on any atom is -0.444 e. The Kier molecular flexibility index (Phi) is 6.25. The van der Waals surface area contributed by atoms with Crippen molar-refractivity contribution < 1.29 is 19.1 Å². The highest BCUT2D eigenvalue weighted by molar-refractivity contribution is 5.89. The molecular weight excluding hydrogens is 322 g/mol. The van der Waals surface area contributed by atoms with Crippen molar-refractivity contribution >= 4 is 17.8 Å². The number of alkyl carbamates (subject to hydrolysis) is 1. The van der Waals surface area contributed by atoms with Crippen LogP contribution in [0.2, 0.25) is 0 Å². The van der Waals surface area contributed by atoms with E-state index in [9.17, 15) is 9.59 Å². The minimum absolute atomic E-state index is 0.0452. The van der Waals surface area contributed by atoms with Crippen LogP contribution in [0, 0.1) is 0 Å². The molecule has 1 aliphatic heterocycles. The molecule has 138 valence electrons. The number of urea groups is 1. The molecule has 1 aliphatic rings. The number of ether oxygens (including phenoxy) is 2. The number of amides is 3. The van der Waals surface area contributed by atoms with Crippen molar-refractivity contribution in [3.05, 3.63) is 29.8 Å². The molecule has 0 radical (unpaired) electrons. The number of anilines is 1. The molecule has 0 aromatic heterocycles. The average molecular weight is 349 g/mol. The maximum Gasteiger partial charge on any atom is 0.407 e. The van der Waals surface area contributed by atoms with Crippen LogP contribution in [0.4, 0.5) is 15.3 Å². The summed E-state index contributed by atoms with van der Waals surface area (Å²) in [5.41, 5.74) is 1.03. The summed E-state index contributed by atoms with van der Waals surface area (Å²) in [7, 11) is 0. The minimum atomic E-state index is -0.533. The lowest BCUT2D eigenvalue weighted by molar-refractivity contribution is -0.00138. The molecule has 1 aromatic carbocycles. The van der Waals surface area contributed by atoms with Gasteiger partial charge in [-0.25, -0.2) is 9.59 Å². The Balaban J connectivity index is 1.88. The first-order valence-electron chi connectivity index (χ1n) is 8.46. The highest BCUT2D eigenvalue weighted by atomic mass is 16.6. The first kappa shape index (κ1) is 19.1. The van der Waals surface area contributed by atoms with E-state index in [1.54, 1.807) is 4.90 Å². The molecule has 1 fully saturated rings. The zero-order valence-electron chi connectivity index (χ0n) is 15.3. The maximum atomic E-state index is 12.3. The fourth-order valence-electron chi connectivity index (χ4n) is 2.45. The second-order valence-corrected chi connectivity index (χ2v) is 7.11. The molecule has 2 rings (SSSR count).